The number of nitrogens with one attached hydrogen (secondary N) is 2. The number of amides is 1. The van der Waals surface area contributed by atoms with E-state index in [9.17, 15) is 4.79 Å². The van der Waals surface area contributed by atoms with E-state index in [1.54, 1.807) is 30.5 Å². The first-order valence-corrected chi connectivity index (χ1v) is 5.57. The van der Waals surface area contributed by atoms with E-state index < -0.39 is 0 Å². The summed E-state index contributed by atoms with van der Waals surface area (Å²) >= 11 is 5.83. The van der Waals surface area contributed by atoms with Gasteiger partial charge in [0.15, 0.2) is 0 Å². The molecule has 0 bridgehead atoms. The van der Waals surface area contributed by atoms with Crippen molar-refractivity contribution in [3.05, 3.63) is 46.7 Å². The van der Waals surface area contributed by atoms with Crippen molar-refractivity contribution < 1.29 is 4.79 Å². The second-order valence-corrected chi connectivity index (χ2v) is 4.19. The van der Waals surface area contributed by atoms with Crippen LogP contribution in [0.15, 0.2) is 30.5 Å². The fourth-order valence-corrected chi connectivity index (χ4v) is 1.69. The van der Waals surface area contributed by atoms with Gasteiger partial charge in [-0.2, -0.15) is 5.10 Å². The number of carbonyl (C=O) groups is 1. The zero-order valence-corrected chi connectivity index (χ0v) is 10.1. The highest BCUT2D eigenvalue weighted by Gasteiger charge is 2.07. The molecule has 1 amide bonds. The zero-order chi connectivity index (χ0) is 12.3. The Hall–Kier alpha value is -1.81. The average Bonchev–Trinajstić information content (AvgIpc) is 2.64. The molecule has 2 rings (SSSR count). The summed E-state index contributed by atoms with van der Waals surface area (Å²) in [5, 5.41) is 10.0. The molecular weight excluding hydrogens is 238 g/mol. The van der Waals surface area contributed by atoms with E-state index in [-0.39, 0.29) is 5.91 Å². The Labute approximate surface area is 104 Å². The van der Waals surface area contributed by atoms with Crippen LogP contribution in [-0.2, 0) is 11.2 Å². The topological polar surface area (TPSA) is 57.8 Å². The Morgan fingerprint density at radius 3 is 3.00 bits per heavy atom. The number of hydrogen-bond donors (Lipinski definition) is 2. The average molecular weight is 250 g/mol. The number of H-pyrrole nitrogens is 1. The molecule has 0 atom stereocenters. The molecule has 2 aromatic rings. The molecule has 0 saturated heterocycles. The summed E-state index contributed by atoms with van der Waals surface area (Å²) in [5.41, 5.74) is 2.50. The Morgan fingerprint density at radius 1 is 1.53 bits per heavy atom. The molecule has 0 radical (unpaired) electrons. The first-order valence-electron chi connectivity index (χ1n) is 5.19. The van der Waals surface area contributed by atoms with Gasteiger partial charge in [-0.3, -0.25) is 9.89 Å². The number of aromatic nitrogens is 2. The van der Waals surface area contributed by atoms with E-state index in [4.69, 9.17) is 11.6 Å². The van der Waals surface area contributed by atoms with Gasteiger partial charge in [-0.1, -0.05) is 17.7 Å². The molecule has 0 aliphatic heterocycles. The molecule has 0 fully saturated rings. The predicted molar refractivity (Wildman–Crippen MR) is 67.1 cm³/mol. The highest BCUT2D eigenvalue weighted by Crippen LogP contribution is 2.15. The number of carbonyl (C=O) groups excluding carboxylic acids is 1. The lowest BCUT2D eigenvalue weighted by Crippen LogP contribution is -2.14. The van der Waals surface area contributed by atoms with Gasteiger partial charge in [0, 0.05) is 22.0 Å². The minimum absolute atomic E-state index is 0.0863. The van der Waals surface area contributed by atoms with Crippen LogP contribution >= 0.6 is 11.6 Å². The summed E-state index contributed by atoms with van der Waals surface area (Å²) in [6.07, 6.45) is 1.96. The van der Waals surface area contributed by atoms with Crippen LogP contribution < -0.4 is 5.32 Å². The minimum atomic E-state index is -0.0863. The molecule has 5 heteroatoms. The largest absolute Gasteiger partial charge is 0.326 e. The Morgan fingerprint density at radius 2 is 2.35 bits per heavy atom. The number of nitrogens with zero attached hydrogens (tertiary/aromatic N) is 1. The van der Waals surface area contributed by atoms with Crippen molar-refractivity contribution in [2.45, 2.75) is 13.3 Å². The molecule has 0 aliphatic rings. The molecule has 17 heavy (non-hydrogen) atoms. The SMILES string of the molecule is Cc1[nH]ncc1CC(=O)Nc1cccc(Cl)c1. The number of hydrogen-bond acceptors (Lipinski definition) is 2. The van der Waals surface area contributed by atoms with Crippen molar-refractivity contribution in [3.63, 3.8) is 0 Å². The zero-order valence-electron chi connectivity index (χ0n) is 9.33. The lowest BCUT2D eigenvalue weighted by molar-refractivity contribution is -0.115. The minimum Gasteiger partial charge on any atom is -0.326 e. The molecule has 0 saturated carbocycles. The standard InChI is InChI=1S/C12H12ClN3O/c1-8-9(7-14-16-8)5-12(17)15-11-4-2-3-10(13)6-11/h2-4,6-7H,5H2,1H3,(H,14,16)(H,15,17). The third kappa shape index (κ3) is 3.07. The smallest absolute Gasteiger partial charge is 0.228 e. The summed E-state index contributed by atoms with van der Waals surface area (Å²) in [5.74, 6) is -0.0863. The van der Waals surface area contributed by atoms with E-state index in [2.05, 4.69) is 15.5 Å². The predicted octanol–water partition coefficient (Wildman–Crippen LogP) is 2.55. The van der Waals surface area contributed by atoms with Gasteiger partial charge in [0.05, 0.1) is 12.6 Å². The maximum absolute atomic E-state index is 11.7. The van der Waals surface area contributed by atoms with Crippen LogP contribution in [0.5, 0.6) is 0 Å². The van der Waals surface area contributed by atoms with Gasteiger partial charge in [0.25, 0.3) is 0 Å². The van der Waals surface area contributed by atoms with Crippen molar-refractivity contribution in [2.24, 2.45) is 0 Å². The molecule has 0 spiro atoms. The highest BCUT2D eigenvalue weighted by atomic mass is 35.5. The summed E-state index contributed by atoms with van der Waals surface area (Å²) in [6.45, 7) is 1.88. The van der Waals surface area contributed by atoms with Crippen molar-refractivity contribution >= 4 is 23.2 Å². The molecule has 1 aromatic heterocycles. The van der Waals surface area contributed by atoms with Crippen LogP contribution in [0.3, 0.4) is 0 Å². The third-order valence-corrected chi connectivity index (χ3v) is 2.63. The number of halogens is 1. The molecule has 0 aliphatic carbocycles. The van der Waals surface area contributed by atoms with Gasteiger partial charge in [0.2, 0.25) is 5.91 Å². The second-order valence-electron chi connectivity index (χ2n) is 3.76. The third-order valence-electron chi connectivity index (χ3n) is 2.39. The first-order chi connectivity index (χ1) is 8.15. The van der Waals surface area contributed by atoms with Crippen LogP contribution in [0.1, 0.15) is 11.3 Å². The van der Waals surface area contributed by atoms with Crippen LogP contribution in [0.2, 0.25) is 5.02 Å². The number of aryl methyl sites for hydroxylation is 1. The maximum Gasteiger partial charge on any atom is 0.228 e. The van der Waals surface area contributed by atoms with Crippen LogP contribution in [0, 0.1) is 6.92 Å². The Kier molecular flexibility index (Phi) is 3.44. The summed E-state index contributed by atoms with van der Waals surface area (Å²) in [4.78, 5) is 11.7. The van der Waals surface area contributed by atoms with Gasteiger partial charge in [-0.25, -0.2) is 0 Å². The molecule has 2 N–H and O–H groups in total. The lowest BCUT2D eigenvalue weighted by Gasteiger charge is -2.04. The van der Waals surface area contributed by atoms with E-state index in [1.807, 2.05) is 6.92 Å². The van der Waals surface area contributed by atoms with Crippen molar-refractivity contribution in [1.29, 1.82) is 0 Å². The summed E-state index contributed by atoms with van der Waals surface area (Å²) in [7, 11) is 0. The van der Waals surface area contributed by atoms with Crippen molar-refractivity contribution in [3.8, 4) is 0 Å². The second kappa shape index (κ2) is 5.01. The number of benzene rings is 1. The molecular formula is C12H12ClN3O. The lowest BCUT2D eigenvalue weighted by atomic mass is 10.2. The summed E-state index contributed by atoms with van der Waals surface area (Å²) < 4.78 is 0. The number of anilines is 1. The van der Waals surface area contributed by atoms with Crippen molar-refractivity contribution in [1.82, 2.24) is 10.2 Å². The fraction of sp³-hybridized carbons (Fsp3) is 0.167. The quantitative estimate of drug-likeness (QED) is 0.878. The van der Waals surface area contributed by atoms with Gasteiger partial charge >= 0.3 is 0 Å². The van der Waals surface area contributed by atoms with Crippen LogP contribution in [0.4, 0.5) is 5.69 Å². The van der Waals surface area contributed by atoms with Gasteiger partial charge < -0.3 is 5.32 Å². The maximum atomic E-state index is 11.7. The van der Waals surface area contributed by atoms with Crippen LogP contribution in [0.25, 0.3) is 0 Å². The van der Waals surface area contributed by atoms with E-state index in [0.717, 1.165) is 11.3 Å². The molecule has 1 aromatic carbocycles. The molecule has 0 unspecified atom stereocenters. The van der Waals surface area contributed by atoms with Gasteiger partial charge in [-0.15, -0.1) is 0 Å². The fourth-order valence-electron chi connectivity index (χ4n) is 1.50. The molecule has 1 heterocycles. The summed E-state index contributed by atoms with van der Waals surface area (Å²) in [6, 6.07) is 7.06. The van der Waals surface area contributed by atoms with E-state index in [0.29, 0.717) is 17.1 Å². The van der Waals surface area contributed by atoms with E-state index >= 15 is 0 Å². The van der Waals surface area contributed by atoms with Gasteiger partial charge in [-0.05, 0) is 25.1 Å². The van der Waals surface area contributed by atoms with Crippen LogP contribution in [-0.4, -0.2) is 16.1 Å². The molecule has 4 nitrogen and oxygen atoms in total. The molecule has 88 valence electrons. The number of aromatic amines is 1. The van der Waals surface area contributed by atoms with Gasteiger partial charge in [0.1, 0.15) is 0 Å². The monoisotopic (exact) mass is 249 g/mol. The first kappa shape index (κ1) is 11.7. The highest BCUT2D eigenvalue weighted by molar-refractivity contribution is 6.30. The Balaban J connectivity index is 2.01. The van der Waals surface area contributed by atoms with Crippen molar-refractivity contribution in [2.75, 3.05) is 5.32 Å². The van der Waals surface area contributed by atoms with E-state index in [1.165, 1.54) is 0 Å². The Bertz CT molecular complexity index is 536. The number of rotatable bonds is 3. The normalized spacial score (nSPS) is 10.2.